The van der Waals surface area contributed by atoms with Crippen molar-refractivity contribution in [3.05, 3.63) is 108 Å². The van der Waals surface area contributed by atoms with Crippen molar-refractivity contribution in [2.75, 3.05) is 0 Å². The number of benzene rings is 1. The highest BCUT2D eigenvalue weighted by Crippen LogP contribution is 2.47. The lowest BCUT2D eigenvalue weighted by atomic mass is 9.64. The van der Waals surface area contributed by atoms with E-state index in [1.54, 1.807) is 5.57 Å². The predicted octanol–water partition coefficient (Wildman–Crippen LogP) is 6.93. The zero-order valence-corrected chi connectivity index (χ0v) is 15.4. The Labute approximate surface area is 158 Å². The second-order valence-corrected chi connectivity index (χ2v) is 7.60. The summed E-state index contributed by atoms with van der Waals surface area (Å²) < 4.78 is 0. The van der Waals surface area contributed by atoms with Crippen molar-refractivity contribution < 1.29 is 0 Å². The van der Waals surface area contributed by atoms with Gasteiger partial charge in [-0.25, -0.2) is 0 Å². The summed E-state index contributed by atoms with van der Waals surface area (Å²) in [5.74, 6) is 2.24. The van der Waals surface area contributed by atoms with Gasteiger partial charge in [0.1, 0.15) is 0 Å². The van der Waals surface area contributed by atoms with E-state index in [9.17, 15) is 0 Å². The minimum absolute atomic E-state index is 0.524. The van der Waals surface area contributed by atoms with Gasteiger partial charge in [0.05, 0.1) is 0 Å². The van der Waals surface area contributed by atoms with Crippen LogP contribution in [0.3, 0.4) is 0 Å². The minimum Gasteiger partial charge on any atom is -0.0842 e. The third-order valence-electron chi connectivity index (χ3n) is 6.00. The molecule has 0 radical (unpaired) electrons. The fourth-order valence-electron chi connectivity index (χ4n) is 4.80. The summed E-state index contributed by atoms with van der Waals surface area (Å²) >= 11 is 0. The maximum atomic E-state index is 2.45. The number of rotatable bonds is 5. The molecule has 0 saturated heterocycles. The standard InChI is InChI=1S/C26H28/c1-5-13-21(14-6-1)25(22-15-7-2-8-16-22)26(23-17-9-3-10-18-23)24-19-11-4-12-20-24/h1-11,13-15,17,19,22-23,25-26H,12,16,18,20H2. The molecule has 1 aromatic rings. The maximum Gasteiger partial charge on any atom is -0.00245 e. The Bertz CT molecular complexity index is 770. The van der Waals surface area contributed by atoms with E-state index in [-0.39, 0.29) is 0 Å². The minimum atomic E-state index is 0.524. The summed E-state index contributed by atoms with van der Waals surface area (Å²) in [5, 5.41) is 0. The molecule has 0 nitrogen and oxygen atoms in total. The van der Waals surface area contributed by atoms with Crippen molar-refractivity contribution in [2.45, 2.75) is 31.6 Å². The molecule has 4 rings (SSSR count). The molecule has 0 heteroatoms. The van der Waals surface area contributed by atoms with E-state index in [0.717, 1.165) is 12.8 Å². The first-order valence-corrected chi connectivity index (χ1v) is 10.0. The molecule has 3 aliphatic carbocycles. The predicted molar refractivity (Wildman–Crippen MR) is 112 cm³/mol. The Morgan fingerprint density at radius 2 is 1.38 bits per heavy atom. The lowest BCUT2D eigenvalue weighted by Gasteiger charge is -2.39. The van der Waals surface area contributed by atoms with Gasteiger partial charge in [0.15, 0.2) is 0 Å². The number of hydrogen-bond acceptors (Lipinski definition) is 0. The third-order valence-corrected chi connectivity index (χ3v) is 6.00. The molecule has 0 heterocycles. The van der Waals surface area contributed by atoms with Crippen LogP contribution in [0.15, 0.2) is 103 Å². The van der Waals surface area contributed by atoms with Crippen molar-refractivity contribution in [2.24, 2.45) is 17.8 Å². The molecular formula is C26H28. The van der Waals surface area contributed by atoms with Crippen LogP contribution in [0.4, 0.5) is 0 Å². The molecule has 0 fully saturated rings. The molecule has 0 aliphatic heterocycles. The summed E-state index contributed by atoms with van der Waals surface area (Å²) in [6, 6.07) is 11.2. The van der Waals surface area contributed by atoms with Crippen molar-refractivity contribution >= 4 is 0 Å². The second-order valence-electron chi connectivity index (χ2n) is 7.60. The number of hydrogen-bond donors (Lipinski definition) is 0. The Balaban J connectivity index is 1.77. The SMILES string of the molecule is C1=CCCC(C(C2C=CC=CC2)C(c2ccccc2)C2C=CC=CC2)=C1. The summed E-state index contributed by atoms with van der Waals surface area (Å²) in [4.78, 5) is 0. The molecule has 0 spiro atoms. The van der Waals surface area contributed by atoms with Gasteiger partial charge in [-0.3, -0.25) is 0 Å². The summed E-state index contributed by atoms with van der Waals surface area (Å²) in [6.45, 7) is 0. The Kier molecular flexibility index (Phi) is 5.50. The van der Waals surface area contributed by atoms with Crippen molar-refractivity contribution in [3.63, 3.8) is 0 Å². The van der Waals surface area contributed by atoms with Crippen molar-refractivity contribution in [3.8, 4) is 0 Å². The molecule has 0 saturated carbocycles. The highest BCUT2D eigenvalue weighted by molar-refractivity contribution is 5.33. The molecule has 4 atom stereocenters. The average molecular weight is 341 g/mol. The molecule has 0 amide bonds. The molecule has 4 unspecified atom stereocenters. The molecule has 0 aromatic heterocycles. The van der Waals surface area contributed by atoms with E-state index in [1.807, 2.05) is 0 Å². The second kappa shape index (κ2) is 8.36. The quantitative estimate of drug-likeness (QED) is 0.545. The fraction of sp³-hybridized carbons (Fsp3) is 0.308. The topological polar surface area (TPSA) is 0 Å². The molecule has 26 heavy (non-hydrogen) atoms. The molecule has 3 aliphatic rings. The van der Waals surface area contributed by atoms with Gasteiger partial charge >= 0.3 is 0 Å². The van der Waals surface area contributed by atoms with Crippen molar-refractivity contribution in [1.82, 2.24) is 0 Å². The Morgan fingerprint density at radius 3 is 1.96 bits per heavy atom. The van der Waals surface area contributed by atoms with Gasteiger partial charge in [-0.2, -0.15) is 0 Å². The van der Waals surface area contributed by atoms with E-state index >= 15 is 0 Å². The van der Waals surface area contributed by atoms with Crippen LogP contribution < -0.4 is 0 Å². The molecule has 132 valence electrons. The van der Waals surface area contributed by atoms with Crippen molar-refractivity contribution in [1.29, 1.82) is 0 Å². The summed E-state index contributed by atoms with van der Waals surface area (Å²) in [5.41, 5.74) is 3.12. The van der Waals surface area contributed by atoms with Crippen LogP contribution in [0.2, 0.25) is 0 Å². The van der Waals surface area contributed by atoms with E-state index in [1.165, 1.54) is 18.4 Å². The van der Waals surface area contributed by atoms with Crippen LogP contribution in [-0.4, -0.2) is 0 Å². The first kappa shape index (κ1) is 17.1. The first-order valence-electron chi connectivity index (χ1n) is 10.0. The van der Waals surface area contributed by atoms with Gasteiger partial charge in [-0.05, 0) is 54.9 Å². The molecule has 0 bridgehead atoms. The third kappa shape index (κ3) is 3.75. The summed E-state index contributed by atoms with van der Waals surface area (Å²) in [7, 11) is 0. The van der Waals surface area contributed by atoms with Gasteiger partial charge in [0, 0.05) is 0 Å². The largest absolute Gasteiger partial charge is 0.0842 e. The zero-order valence-electron chi connectivity index (χ0n) is 15.4. The van der Waals surface area contributed by atoms with Gasteiger partial charge in [-0.1, -0.05) is 103 Å². The lowest BCUT2D eigenvalue weighted by Crippen LogP contribution is -2.29. The van der Waals surface area contributed by atoms with Crippen LogP contribution >= 0.6 is 0 Å². The Hall–Kier alpha value is -2.34. The molecule has 0 N–H and O–H groups in total. The van der Waals surface area contributed by atoms with E-state index in [2.05, 4.69) is 97.2 Å². The van der Waals surface area contributed by atoms with Crippen LogP contribution in [0, 0.1) is 17.8 Å². The average Bonchev–Trinajstić information content (AvgIpc) is 2.74. The maximum absolute atomic E-state index is 2.45. The van der Waals surface area contributed by atoms with Gasteiger partial charge in [0.2, 0.25) is 0 Å². The van der Waals surface area contributed by atoms with E-state index in [4.69, 9.17) is 0 Å². The first-order chi connectivity index (χ1) is 12.9. The van der Waals surface area contributed by atoms with Gasteiger partial charge in [-0.15, -0.1) is 0 Å². The lowest BCUT2D eigenvalue weighted by molar-refractivity contribution is 0.312. The van der Waals surface area contributed by atoms with Crippen LogP contribution in [0.5, 0.6) is 0 Å². The van der Waals surface area contributed by atoms with Crippen LogP contribution in [-0.2, 0) is 0 Å². The number of allylic oxidation sites excluding steroid dienone is 12. The highest BCUT2D eigenvalue weighted by atomic mass is 14.4. The van der Waals surface area contributed by atoms with Gasteiger partial charge in [0.25, 0.3) is 0 Å². The van der Waals surface area contributed by atoms with Crippen LogP contribution in [0.25, 0.3) is 0 Å². The van der Waals surface area contributed by atoms with E-state index in [0.29, 0.717) is 23.7 Å². The smallest absolute Gasteiger partial charge is 0.00245 e. The fourth-order valence-corrected chi connectivity index (χ4v) is 4.80. The monoisotopic (exact) mass is 340 g/mol. The zero-order chi connectivity index (χ0) is 17.6. The normalized spacial score (nSPS) is 26.5. The highest BCUT2D eigenvalue weighted by Gasteiger charge is 2.36. The molecule has 1 aromatic carbocycles. The van der Waals surface area contributed by atoms with E-state index < -0.39 is 0 Å². The molecular weight excluding hydrogens is 312 g/mol. The van der Waals surface area contributed by atoms with Crippen LogP contribution in [0.1, 0.15) is 37.2 Å². The Morgan fingerprint density at radius 1 is 0.692 bits per heavy atom. The summed E-state index contributed by atoms with van der Waals surface area (Å²) in [6.07, 6.45) is 30.1. The van der Waals surface area contributed by atoms with Gasteiger partial charge < -0.3 is 0 Å².